The Hall–Kier alpha value is -2.10. The van der Waals surface area contributed by atoms with Crippen LogP contribution >= 0.6 is 0 Å². The molecule has 104 valence electrons. The largest absolute Gasteiger partial charge is 0.357 e. The average molecular weight is 289 g/mol. The molecule has 1 aromatic heterocycles. The van der Waals surface area contributed by atoms with Crippen LogP contribution in [0.15, 0.2) is 41.6 Å². The fraction of sp³-hybridized carbons (Fsp3) is 0.214. The second-order valence-electron chi connectivity index (χ2n) is 4.60. The summed E-state index contributed by atoms with van der Waals surface area (Å²) in [7, 11) is -1.69. The quantitative estimate of drug-likeness (QED) is 0.930. The first-order valence-electron chi connectivity index (χ1n) is 6.03. The van der Waals surface area contributed by atoms with E-state index in [-0.39, 0.29) is 11.4 Å². The van der Waals surface area contributed by atoms with Gasteiger partial charge in [0.05, 0.1) is 16.5 Å². The van der Waals surface area contributed by atoms with Crippen LogP contribution in [0.2, 0.25) is 0 Å². The minimum absolute atomic E-state index is 0.171. The van der Waals surface area contributed by atoms with Crippen molar-refractivity contribution < 1.29 is 8.42 Å². The van der Waals surface area contributed by atoms with Crippen LogP contribution in [-0.2, 0) is 23.6 Å². The highest BCUT2D eigenvalue weighted by molar-refractivity contribution is 7.89. The van der Waals surface area contributed by atoms with Gasteiger partial charge in [-0.2, -0.15) is 5.26 Å². The van der Waals surface area contributed by atoms with Gasteiger partial charge in [0.15, 0.2) is 0 Å². The number of sulfonamides is 1. The molecule has 0 aliphatic heterocycles. The maximum Gasteiger partial charge on any atom is 0.240 e. The Bertz CT molecular complexity index is 770. The molecule has 0 bridgehead atoms. The number of nitrogens with one attached hydrogen (secondary N) is 1. The molecule has 1 aromatic carbocycles. The van der Waals surface area contributed by atoms with Crippen LogP contribution in [0.3, 0.4) is 0 Å². The number of aromatic nitrogens is 1. The van der Waals surface area contributed by atoms with E-state index < -0.39 is 10.0 Å². The molecule has 0 saturated heterocycles. The van der Waals surface area contributed by atoms with Crippen LogP contribution in [0.5, 0.6) is 0 Å². The third-order valence-corrected chi connectivity index (χ3v) is 4.39. The van der Waals surface area contributed by atoms with Crippen LogP contribution in [0.1, 0.15) is 16.7 Å². The van der Waals surface area contributed by atoms with Gasteiger partial charge in [-0.25, -0.2) is 13.1 Å². The summed E-state index contributed by atoms with van der Waals surface area (Å²) >= 11 is 0. The SMILES string of the molecule is Cc1cc(S(=O)(=O)NCc2ccn(C)c2)ccc1C#N. The van der Waals surface area contributed by atoms with Gasteiger partial charge < -0.3 is 4.57 Å². The van der Waals surface area contributed by atoms with Gasteiger partial charge >= 0.3 is 0 Å². The fourth-order valence-corrected chi connectivity index (χ4v) is 2.96. The number of nitrogens with zero attached hydrogens (tertiary/aromatic N) is 2. The summed E-state index contributed by atoms with van der Waals surface area (Å²) in [5.74, 6) is 0. The van der Waals surface area contributed by atoms with Crippen LogP contribution in [0.25, 0.3) is 0 Å². The van der Waals surface area contributed by atoms with Crippen molar-refractivity contribution in [3.05, 3.63) is 53.3 Å². The molecule has 0 radical (unpaired) electrons. The van der Waals surface area contributed by atoms with Gasteiger partial charge in [-0.05, 0) is 42.3 Å². The zero-order valence-corrected chi connectivity index (χ0v) is 12.1. The summed E-state index contributed by atoms with van der Waals surface area (Å²) < 4.78 is 28.7. The zero-order chi connectivity index (χ0) is 14.8. The molecule has 0 spiro atoms. The third-order valence-electron chi connectivity index (χ3n) is 2.99. The van der Waals surface area contributed by atoms with Gasteiger partial charge in [-0.1, -0.05) is 0 Å². The lowest BCUT2D eigenvalue weighted by atomic mass is 10.1. The number of benzene rings is 1. The van der Waals surface area contributed by atoms with Crippen LogP contribution in [0.4, 0.5) is 0 Å². The Balaban J connectivity index is 2.18. The number of hydrogen-bond donors (Lipinski definition) is 1. The molecule has 20 heavy (non-hydrogen) atoms. The number of rotatable bonds is 4. The average Bonchev–Trinajstić information content (AvgIpc) is 2.82. The topological polar surface area (TPSA) is 74.9 Å². The summed E-state index contributed by atoms with van der Waals surface area (Å²) in [6.45, 7) is 1.96. The molecule has 0 unspecified atom stereocenters. The van der Waals surface area contributed by atoms with E-state index >= 15 is 0 Å². The molecule has 1 N–H and O–H groups in total. The predicted octanol–water partition coefficient (Wildman–Crippen LogP) is 1.68. The second kappa shape index (κ2) is 5.49. The maximum absolute atomic E-state index is 12.2. The summed E-state index contributed by atoms with van der Waals surface area (Å²) in [6.07, 6.45) is 3.71. The zero-order valence-electron chi connectivity index (χ0n) is 11.3. The van der Waals surface area contributed by atoms with E-state index in [2.05, 4.69) is 4.72 Å². The van der Waals surface area contributed by atoms with Crippen molar-refractivity contribution >= 4 is 10.0 Å². The summed E-state index contributed by atoms with van der Waals surface area (Å²) in [6, 6.07) is 8.34. The van der Waals surface area contributed by atoms with Gasteiger partial charge in [-0.15, -0.1) is 0 Å². The van der Waals surface area contributed by atoms with E-state index in [1.165, 1.54) is 18.2 Å². The van der Waals surface area contributed by atoms with Crippen molar-refractivity contribution in [1.82, 2.24) is 9.29 Å². The molecule has 0 fully saturated rings. The van der Waals surface area contributed by atoms with E-state index in [0.717, 1.165) is 5.56 Å². The van der Waals surface area contributed by atoms with Gasteiger partial charge in [0.25, 0.3) is 0 Å². The molecule has 5 nitrogen and oxygen atoms in total. The lowest BCUT2D eigenvalue weighted by Crippen LogP contribution is -2.23. The van der Waals surface area contributed by atoms with E-state index in [0.29, 0.717) is 11.1 Å². The van der Waals surface area contributed by atoms with E-state index in [1.54, 1.807) is 6.92 Å². The van der Waals surface area contributed by atoms with Crippen molar-refractivity contribution in [1.29, 1.82) is 5.26 Å². The summed E-state index contributed by atoms with van der Waals surface area (Å²) in [5, 5.41) is 8.85. The van der Waals surface area contributed by atoms with Crippen molar-refractivity contribution in [2.45, 2.75) is 18.4 Å². The van der Waals surface area contributed by atoms with Crippen molar-refractivity contribution in [2.75, 3.05) is 0 Å². The number of nitriles is 1. The highest BCUT2D eigenvalue weighted by atomic mass is 32.2. The minimum atomic E-state index is -3.57. The molecular weight excluding hydrogens is 274 g/mol. The first-order chi connectivity index (χ1) is 9.42. The first kappa shape index (κ1) is 14.3. The number of hydrogen-bond acceptors (Lipinski definition) is 3. The maximum atomic E-state index is 12.2. The smallest absolute Gasteiger partial charge is 0.240 e. The number of aryl methyl sites for hydroxylation is 2. The second-order valence-corrected chi connectivity index (χ2v) is 6.37. The molecule has 0 aliphatic carbocycles. The summed E-state index contributed by atoms with van der Waals surface area (Å²) in [4.78, 5) is 0.171. The Morgan fingerprint density at radius 1 is 1.35 bits per heavy atom. The highest BCUT2D eigenvalue weighted by Crippen LogP contribution is 2.15. The standard InChI is InChI=1S/C14H15N3O2S/c1-11-7-14(4-3-13(11)8-15)20(18,19)16-9-12-5-6-17(2)10-12/h3-7,10,16H,9H2,1-2H3. The third kappa shape index (κ3) is 3.07. The lowest BCUT2D eigenvalue weighted by molar-refractivity contribution is 0.581. The lowest BCUT2D eigenvalue weighted by Gasteiger charge is -2.07. The minimum Gasteiger partial charge on any atom is -0.357 e. The van der Waals surface area contributed by atoms with Gasteiger partial charge in [0, 0.05) is 26.0 Å². The van der Waals surface area contributed by atoms with E-state index in [1.807, 2.05) is 36.1 Å². The Kier molecular flexibility index (Phi) is 3.93. The highest BCUT2D eigenvalue weighted by Gasteiger charge is 2.15. The molecule has 1 heterocycles. The Morgan fingerprint density at radius 2 is 2.10 bits per heavy atom. The molecule has 2 rings (SSSR count). The molecule has 0 amide bonds. The monoisotopic (exact) mass is 289 g/mol. The molecule has 6 heteroatoms. The van der Waals surface area contributed by atoms with E-state index in [4.69, 9.17) is 5.26 Å². The molecule has 0 atom stereocenters. The van der Waals surface area contributed by atoms with Crippen LogP contribution < -0.4 is 4.72 Å². The van der Waals surface area contributed by atoms with Gasteiger partial charge in [0.1, 0.15) is 0 Å². The van der Waals surface area contributed by atoms with Crippen molar-refractivity contribution in [3.63, 3.8) is 0 Å². The predicted molar refractivity (Wildman–Crippen MR) is 75.3 cm³/mol. The normalized spacial score (nSPS) is 11.2. The van der Waals surface area contributed by atoms with Crippen LogP contribution in [-0.4, -0.2) is 13.0 Å². The van der Waals surface area contributed by atoms with Crippen molar-refractivity contribution in [2.24, 2.45) is 7.05 Å². The van der Waals surface area contributed by atoms with Crippen LogP contribution in [0, 0.1) is 18.3 Å². The molecule has 2 aromatic rings. The van der Waals surface area contributed by atoms with E-state index in [9.17, 15) is 8.42 Å². The van der Waals surface area contributed by atoms with Gasteiger partial charge in [0.2, 0.25) is 10.0 Å². The Labute approximate surface area is 118 Å². The molecular formula is C14H15N3O2S. The summed E-state index contributed by atoms with van der Waals surface area (Å²) in [5.41, 5.74) is 2.02. The molecule has 0 saturated carbocycles. The first-order valence-corrected chi connectivity index (χ1v) is 7.52. The Morgan fingerprint density at radius 3 is 2.65 bits per heavy atom. The van der Waals surface area contributed by atoms with Crippen molar-refractivity contribution in [3.8, 4) is 6.07 Å². The fourth-order valence-electron chi connectivity index (χ4n) is 1.86. The van der Waals surface area contributed by atoms with Gasteiger partial charge in [-0.3, -0.25) is 0 Å². The molecule has 0 aliphatic rings.